The van der Waals surface area contributed by atoms with Crippen LogP contribution in [0.1, 0.15) is 17.2 Å². The summed E-state index contributed by atoms with van der Waals surface area (Å²) in [5.74, 6) is 0.696. The van der Waals surface area contributed by atoms with Crippen molar-refractivity contribution in [1.29, 1.82) is 0 Å². The minimum absolute atomic E-state index is 0.135. The fourth-order valence-electron chi connectivity index (χ4n) is 1.87. The molecule has 0 amide bonds. The molecule has 4 heteroatoms. The van der Waals surface area contributed by atoms with E-state index in [-0.39, 0.29) is 13.2 Å². The van der Waals surface area contributed by atoms with E-state index in [0.717, 1.165) is 11.1 Å². The molecule has 20 heavy (non-hydrogen) atoms. The lowest BCUT2D eigenvalue weighted by Crippen LogP contribution is -2.09. The van der Waals surface area contributed by atoms with Crippen LogP contribution in [0.5, 0.6) is 5.75 Å². The first kappa shape index (κ1) is 14.4. The highest BCUT2D eigenvalue weighted by atomic mass is 16.5. The van der Waals surface area contributed by atoms with Gasteiger partial charge in [0.05, 0.1) is 0 Å². The van der Waals surface area contributed by atoms with Gasteiger partial charge < -0.3 is 20.7 Å². The van der Waals surface area contributed by atoms with Crippen LogP contribution in [-0.2, 0) is 6.42 Å². The number of ether oxygens (including phenoxy) is 1. The third-order valence-corrected chi connectivity index (χ3v) is 3.05. The Morgan fingerprint density at radius 3 is 2.25 bits per heavy atom. The van der Waals surface area contributed by atoms with Crippen molar-refractivity contribution in [3.05, 3.63) is 59.7 Å². The Morgan fingerprint density at radius 2 is 1.65 bits per heavy atom. The molecule has 2 aromatic carbocycles. The van der Waals surface area contributed by atoms with Crippen molar-refractivity contribution in [2.75, 3.05) is 18.9 Å². The van der Waals surface area contributed by atoms with Crippen molar-refractivity contribution in [2.24, 2.45) is 0 Å². The molecule has 0 spiro atoms. The Hall–Kier alpha value is -2.04. The highest BCUT2D eigenvalue weighted by Gasteiger charge is 2.08. The highest BCUT2D eigenvalue weighted by Crippen LogP contribution is 2.18. The van der Waals surface area contributed by atoms with E-state index in [1.807, 2.05) is 24.3 Å². The van der Waals surface area contributed by atoms with Crippen molar-refractivity contribution >= 4 is 5.69 Å². The molecule has 106 valence electrons. The summed E-state index contributed by atoms with van der Waals surface area (Å²) in [6, 6.07) is 14.6. The van der Waals surface area contributed by atoms with Crippen LogP contribution in [0, 0.1) is 0 Å². The minimum atomic E-state index is -0.687. The zero-order chi connectivity index (χ0) is 14.4. The van der Waals surface area contributed by atoms with Gasteiger partial charge in [0, 0.05) is 12.3 Å². The summed E-state index contributed by atoms with van der Waals surface area (Å²) in [4.78, 5) is 0. The van der Waals surface area contributed by atoms with Gasteiger partial charge in [0.1, 0.15) is 18.5 Å². The average Bonchev–Trinajstić information content (AvgIpc) is 2.47. The Balaban J connectivity index is 1.89. The summed E-state index contributed by atoms with van der Waals surface area (Å²) in [7, 11) is 0. The van der Waals surface area contributed by atoms with E-state index in [1.165, 1.54) is 0 Å². The Bertz CT molecular complexity index is 522. The Morgan fingerprint density at radius 1 is 1.00 bits per heavy atom. The summed E-state index contributed by atoms with van der Waals surface area (Å²) in [5.41, 5.74) is 8.10. The standard InChI is InChI=1S/C16H19NO3/c17-14-5-3-13(4-6-14)16(19)11-20-15-7-1-12(2-8-15)9-10-18/h1-8,16,18-19H,9-11,17H2. The predicted molar refractivity (Wildman–Crippen MR) is 78.5 cm³/mol. The number of anilines is 1. The second-order valence-electron chi connectivity index (χ2n) is 4.61. The molecule has 1 unspecified atom stereocenters. The van der Waals surface area contributed by atoms with E-state index in [2.05, 4.69) is 0 Å². The fourth-order valence-corrected chi connectivity index (χ4v) is 1.87. The lowest BCUT2D eigenvalue weighted by atomic mass is 10.1. The monoisotopic (exact) mass is 273 g/mol. The molecule has 0 aromatic heterocycles. The number of hydrogen-bond acceptors (Lipinski definition) is 4. The summed E-state index contributed by atoms with van der Waals surface area (Å²) in [6.07, 6.45) is -0.0540. The average molecular weight is 273 g/mol. The Labute approximate surface area is 118 Å². The number of nitrogen functional groups attached to an aromatic ring is 1. The molecule has 4 nitrogen and oxygen atoms in total. The van der Waals surface area contributed by atoms with Gasteiger partial charge in [-0.05, 0) is 41.8 Å². The van der Waals surface area contributed by atoms with Crippen LogP contribution < -0.4 is 10.5 Å². The van der Waals surface area contributed by atoms with Crippen LogP contribution in [0.25, 0.3) is 0 Å². The van der Waals surface area contributed by atoms with E-state index in [0.29, 0.717) is 17.9 Å². The van der Waals surface area contributed by atoms with Crippen molar-refractivity contribution in [3.63, 3.8) is 0 Å². The lowest BCUT2D eigenvalue weighted by Gasteiger charge is -2.13. The second kappa shape index (κ2) is 6.93. The van der Waals surface area contributed by atoms with E-state index in [1.54, 1.807) is 24.3 Å². The van der Waals surface area contributed by atoms with Crippen LogP contribution in [0.3, 0.4) is 0 Å². The van der Waals surface area contributed by atoms with Crippen LogP contribution in [0.15, 0.2) is 48.5 Å². The van der Waals surface area contributed by atoms with Gasteiger partial charge in [-0.2, -0.15) is 0 Å². The molecule has 0 aliphatic carbocycles. The molecule has 0 aliphatic heterocycles. The molecular formula is C16H19NO3. The minimum Gasteiger partial charge on any atom is -0.491 e. The van der Waals surface area contributed by atoms with E-state index in [9.17, 15) is 5.11 Å². The maximum atomic E-state index is 10.0. The van der Waals surface area contributed by atoms with Gasteiger partial charge in [-0.1, -0.05) is 24.3 Å². The summed E-state index contributed by atoms with van der Waals surface area (Å²) in [6.45, 7) is 0.319. The van der Waals surface area contributed by atoms with Crippen molar-refractivity contribution in [1.82, 2.24) is 0 Å². The lowest BCUT2D eigenvalue weighted by molar-refractivity contribution is 0.108. The largest absolute Gasteiger partial charge is 0.491 e. The maximum absolute atomic E-state index is 10.0. The highest BCUT2D eigenvalue weighted by molar-refractivity contribution is 5.39. The topological polar surface area (TPSA) is 75.7 Å². The van der Waals surface area contributed by atoms with Gasteiger partial charge >= 0.3 is 0 Å². The van der Waals surface area contributed by atoms with Gasteiger partial charge in [-0.15, -0.1) is 0 Å². The van der Waals surface area contributed by atoms with Gasteiger partial charge in [0.2, 0.25) is 0 Å². The van der Waals surface area contributed by atoms with Gasteiger partial charge in [0.15, 0.2) is 0 Å². The van der Waals surface area contributed by atoms with Crippen LogP contribution in [0.4, 0.5) is 5.69 Å². The number of nitrogens with two attached hydrogens (primary N) is 1. The molecule has 0 radical (unpaired) electrons. The molecule has 4 N–H and O–H groups in total. The Kier molecular flexibility index (Phi) is 4.98. The molecule has 1 atom stereocenters. The van der Waals surface area contributed by atoms with Gasteiger partial charge in [0.25, 0.3) is 0 Å². The molecular weight excluding hydrogens is 254 g/mol. The van der Waals surface area contributed by atoms with Crippen LogP contribution >= 0.6 is 0 Å². The van der Waals surface area contributed by atoms with Crippen LogP contribution in [0.2, 0.25) is 0 Å². The summed E-state index contributed by atoms with van der Waals surface area (Å²) < 4.78 is 5.54. The number of aliphatic hydroxyl groups is 2. The van der Waals surface area contributed by atoms with E-state index >= 15 is 0 Å². The zero-order valence-electron chi connectivity index (χ0n) is 11.2. The number of rotatable bonds is 6. The summed E-state index contributed by atoms with van der Waals surface area (Å²) in [5, 5.41) is 18.9. The quantitative estimate of drug-likeness (QED) is 0.703. The van der Waals surface area contributed by atoms with E-state index < -0.39 is 6.10 Å². The number of benzene rings is 2. The molecule has 0 saturated heterocycles. The molecule has 0 heterocycles. The van der Waals surface area contributed by atoms with Gasteiger partial charge in [-0.3, -0.25) is 0 Å². The molecule has 0 bridgehead atoms. The van der Waals surface area contributed by atoms with Gasteiger partial charge in [-0.25, -0.2) is 0 Å². The maximum Gasteiger partial charge on any atom is 0.119 e. The fraction of sp³-hybridized carbons (Fsp3) is 0.250. The normalized spacial score (nSPS) is 12.1. The molecule has 0 fully saturated rings. The molecule has 2 aromatic rings. The SMILES string of the molecule is Nc1ccc(C(O)COc2ccc(CCO)cc2)cc1. The second-order valence-corrected chi connectivity index (χ2v) is 4.61. The third-order valence-electron chi connectivity index (χ3n) is 3.05. The molecule has 2 rings (SSSR count). The predicted octanol–water partition coefficient (Wildman–Crippen LogP) is 1.92. The third kappa shape index (κ3) is 3.98. The molecule has 0 aliphatic rings. The van der Waals surface area contributed by atoms with Crippen molar-refractivity contribution in [3.8, 4) is 5.75 Å². The number of aliphatic hydroxyl groups excluding tert-OH is 2. The first-order valence-corrected chi connectivity index (χ1v) is 6.55. The van der Waals surface area contributed by atoms with Crippen LogP contribution in [-0.4, -0.2) is 23.4 Å². The van der Waals surface area contributed by atoms with Crippen molar-refractivity contribution < 1.29 is 14.9 Å². The number of hydrogen-bond donors (Lipinski definition) is 3. The first-order valence-electron chi connectivity index (χ1n) is 6.55. The molecule has 0 saturated carbocycles. The zero-order valence-corrected chi connectivity index (χ0v) is 11.2. The first-order chi connectivity index (χ1) is 9.69. The smallest absolute Gasteiger partial charge is 0.119 e. The van der Waals surface area contributed by atoms with Crippen molar-refractivity contribution in [2.45, 2.75) is 12.5 Å². The summed E-state index contributed by atoms with van der Waals surface area (Å²) >= 11 is 0. The van der Waals surface area contributed by atoms with E-state index in [4.69, 9.17) is 15.6 Å².